The highest BCUT2D eigenvalue weighted by atomic mass is 35.5. The molecule has 21 aromatic rings. The summed E-state index contributed by atoms with van der Waals surface area (Å²) < 4.78 is 9.08. The second-order valence-electron chi connectivity index (χ2n) is 24.1. The van der Waals surface area contributed by atoms with Crippen LogP contribution in [-0.2, 0) is 0 Å². The molecule has 0 unspecified atom stereocenters. The zero-order chi connectivity index (χ0) is 77.4. The molecule has 17 nitrogen and oxygen atoms in total. The minimum Gasteiger partial charge on any atom is -0.399 e. The van der Waals surface area contributed by atoms with Crippen LogP contribution >= 0.6 is 126 Å². The average Bonchev–Trinajstić information content (AvgIpc) is 1.61. The number of pyridine rings is 9. The third kappa shape index (κ3) is 16.3. The predicted octanol–water partition coefficient (Wildman–Crippen LogP) is 24.2. The van der Waals surface area contributed by atoms with Gasteiger partial charge in [0.15, 0.2) is 0 Å². The summed E-state index contributed by atoms with van der Waals surface area (Å²) in [5.74, 6) is -0.394. The highest BCUT2D eigenvalue weighted by Crippen LogP contribution is 2.43. The molecule has 0 fully saturated rings. The Morgan fingerprint density at radius 2 is 0.652 bits per heavy atom. The van der Waals surface area contributed by atoms with Gasteiger partial charge in [0, 0.05) is 184 Å². The van der Waals surface area contributed by atoms with E-state index >= 15 is 0 Å². The Bertz CT molecular complexity index is 6930. The van der Waals surface area contributed by atoms with Crippen molar-refractivity contribution in [3.05, 3.63) is 330 Å². The largest absolute Gasteiger partial charge is 0.399 e. The van der Waals surface area contributed by atoms with Crippen LogP contribution in [0.5, 0.6) is 0 Å². The fourth-order valence-electron chi connectivity index (χ4n) is 12.1. The first kappa shape index (κ1) is 75.8. The number of anilines is 3. The van der Waals surface area contributed by atoms with Crippen molar-refractivity contribution in [3.8, 4) is 0 Å². The first-order valence-corrected chi connectivity index (χ1v) is 40.5. The summed E-state index contributed by atoms with van der Waals surface area (Å²) in [6.45, 7) is 0. The number of rotatable bonds is 5. The number of hydrogen-bond donors (Lipinski definition) is 5. The molecule has 0 spiro atoms. The molecule has 28 heteroatoms. The van der Waals surface area contributed by atoms with E-state index in [1.54, 1.807) is 104 Å². The maximum Gasteiger partial charge on any atom is 0.267 e. The Morgan fingerprint density at radius 1 is 0.339 bits per heavy atom. The standard InChI is InChI=1S/2C14H9ClN2OS.C14H7ClN2S.2C14H8N2OS.C9H4Cl2OS.C5H6N2/c2*15-12-10-3-1-2-4-11(10)19-13(12)14(18)17-9-5-7-16-8-6-9;15-14-13-12(8-3-1-2-4-11(8)18-13)9-7-16-6-5-10(9)17-14;2*17-14-13-12(8-3-1-2-4-11(8)18-13)9-7-15-6-5-10(9)16-14;10-7-5-3-1-2-4-6(5)13-8(7)9(11)12;6-5-1-3-7-4-2-5/h2*1-8H,(H,16,17,18);1-7H;2*1-7H,(H,16,17);1-4H;1-4H,(H2,6,7). The molecule has 548 valence electrons. The fraction of sp³-hybridized carbons (Fsp3) is 0. The molecular weight excluding hydrogens is 1630 g/mol. The monoisotopic (exact) mass is 1670 g/mol. The van der Waals surface area contributed by atoms with E-state index in [0.717, 1.165) is 114 Å². The summed E-state index contributed by atoms with van der Waals surface area (Å²) in [4.78, 5) is 95.3. The van der Waals surface area contributed by atoms with Crippen LogP contribution in [0.3, 0.4) is 0 Å². The Morgan fingerprint density at radius 3 is 1.03 bits per heavy atom. The zero-order valence-corrected chi connectivity index (χ0v) is 66.2. The summed E-state index contributed by atoms with van der Waals surface area (Å²) >= 11 is 39.0. The van der Waals surface area contributed by atoms with Crippen molar-refractivity contribution in [1.82, 2.24) is 44.9 Å². The molecule has 0 aliphatic rings. The van der Waals surface area contributed by atoms with E-state index in [-0.39, 0.29) is 22.9 Å². The molecule has 6 aromatic carbocycles. The molecule has 0 aliphatic heterocycles. The van der Waals surface area contributed by atoms with Gasteiger partial charge in [0.2, 0.25) is 0 Å². The van der Waals surface area contributed by atoms with Gasteiger partial charge in [0.25, 0.3) is 28.2 Å². The molecule has 15 aromatic heterocycles. The molecule has 112 heavy (non-hydrogen) atoms. The third-order valence-electron chi connectivity index (χ3n) is 17.1. The summed E-state index contributed by atoms with van der Waals surface area (Å²) in [6.07, 6.45) is 20.4. The molecule has 6 N–H and O–H groups in total. The topological polar surface area (TPSA) is 257 Å². The Balaban J connectivity index is 0.000000105. The van der Waals surface area contributed by atoms with Crippen LogP contribution in [0.2, 0.25) is 20.2 Å². The first-order chi connectivity index (χ1) is 54.6. The molecule has 0 radical (unpaired) electrons. The zero-order valence-electron chi connectivity index (χ0n) is 57.6. The van der Waals surface area contributed by atoms with Gasteiger partial charge in [-0.2, -0.15) is 0 Å². The molecule has 0 saturated heterocycles. The van der Waals surface area contributed by atoms with Crippen molar-refractivity contribution in [1.29, 1.82) is 0 Å². The fourth-order valence-corrected chi connectivity index (χ4v) is 20.1. The van der Waals surface area contributed by atoms with Crippen LogP contribution in [0.25, 0.3) is 123 Å². The number of nitrogens with one attached hydrogen (secondary N) is 4. The number of H-pyrrole nitrogens is 2. The first-order valence-electron chi connectivity index (χ1n) is 33.7. The van der Waals surface area contributed by atoms with E-state index in [1.807, 2.05) is 158 Å². The van der Waals surface area contributed by atoms with Gasteiger partial charge in [-0.1, -0.05) is 156 Å². The number of carbonyl (C=O) groups excluding carboxylic acids is 3. The van der Waals surface area contributed by atoms with Gasteiger partial charge in [-0.15, -0.1) is 68.0 Å². The van der Waals surface area contributed by atoms with Crippen LogP contribution in [0.15, 0.2) is 284 Å². The van der Waals surface area contributed by atoms with E-state index in [0.29, 0.717) is 46.2 Å². The predicted molar refractivity (Wildman–Crippen MR) is 472 cm³/mol. The maximum absolute atomic E-state index is 12.2. The molecule has 0 saturated carbocycles. The van der Waals surface area contributed by atoms with Crippen molar-refractivity contribution in [3.63, 3.8) is 0 Å². The number of nitrogens with two attached hydrogens (primary N) is 1. The number of aromatic nitrogens is 9. The lowest BCUT2D eigenvalue weighted by molar-refractivity contribution is 0.102. The minimum absolute atomic E-state index is 0.0232. The number of carbonyl (C=O) groups is 3. The van der Waals surface area contributed by atoms with Crippen molar-refractivity contribution in [2.24, 2.45) is 0 Å². The SMILES string of the molecule is Clc1nc2ccncc2c2c1sc1ccccc12.Nc1ccncc1.O=C(Cl)c1sc2ccccc2c1Cl.O=C(Nc1ccncc1)c1sc2ccccc2c1Cl.O=C(Nc1ccncc1)c1sc2ccccc2c1Cl.O=c1[nH]c2ccncc2c2c1sc1ccccc12.O=c1[nH]c2ccncc2c2c1sc1ccccc12. The molecule has 0 atom stereocenters. The van der Waals surface area contributed by atoms with E-state index < -0.39 is 5.24 Å². The van der Waals surface area contributed by atoms with Gasteiger partial charge in [-0.3, -0.25) is 53.9 Å². The summed E-state index contributed by atoms with van der Waals surface area (Å²) in [6, 6.07) is 63.5. The van der Waals surface area contributed by atoms with Gasteiger partial charge in [0.05, 0.1) is 36.3 Å². The molecule has 15 heterocycles. The highest BCUT2D eigenvalue weighted by molar-refractivity contribution is 7.27. The number of nitrogen functional groups attached to an aromatic ring is 1. The van der Waals surface area contributed by atoms with Crippen molar-refractivity contribution < 1.29 is 14.4 Å². The van der Waals surface area contributed by atoms with Crippen molar-refractivity contribution in [2.75, 3.05) is 16.4 Å². The molecular formula is C84H51Cl5N12O5S6. The number of halogens is 5. The van der Waals surface area contributed by atoms with Gasteiger partial charge >= 0.3 is 0 Å². The Hall–Kier alpha value is -11.6. The number of nitrogens with zero attached hydrogens (tertiary/aromatic N) is 7. The average molecular weight is 1680 g/mol. The lowest BCUT2D eigenvalue weighted by Gasteiger charge is -2.02. The van der Waals surface area contributed by atoms with Crippen molar-refractivity contribution >= 4 is 284 Å². The summed E-state index contributed by atoms with van der Waals surface area (Å²) in [5, 5.41) is 19.6. The third-order valence-corrected chi connectivity index (χ3v) is 26.4. The highest BCUT2D eigenvalue weighted by Gasteiger charge is 2.21. The Kier molecular flexibility index (Phi) is 23.3. The second kappa shape index (κ2) is 34.4. The van der Waals surface area contributed by atoms with Crippen molar-refractivity contribution in [2.45, 2.75) is 0 Å². The van der Waals surface area contributed by atoms with Crippen LogP contribution in [0.4, 0.5) is 17.1 Å². The van der Waals surface area contributed by atoms with Crippen LogP contribution in [0, 0.1) is 0 Å². The Labute approximate surface area is 683 Å². The minimum atomic E-state index is -0.494. The molecule has 21 rings (SSSR count). The lowest BCUT2D eigenvalue weighted by atomic mass is 10.1. The number of benzene rings is 6. The number of fused-ring (bicyclic) bond motifs is 18. The smallest absolute Gasteiger partial charge is 0.267 e. The quantitative estimate of drug-likeness (QED) is 0.0794. The van der Waals surface area contributed by atoms with E-state index in [9.17, 15) is 24.0 Å². The number of amides is 2. The normalized spacial score (nSPS) is 10.9. The number of thiophene rings is 6. The molecule has 0 bridgehead atoms. The summed E-state index contributed by atoms with van der Waals surface area (Å²) in [5.41, 5.74) is 10.0. The van der Waals surface area contributed by atoms with Gasteiger partial charge in [-0.25, -0.2) is 4.98 Å². The second-order valence-corrected chi connectivity index (χ2v) is 32.3. The van der Waals surface area contributed by atoms with Gasteiger partial charge in [0.1, 0.15) is 29.2 Å². The molecule has 0 aliphatic carbocycles. The van der Waals surface area contributed by atoms with Gasteiger partial charge < -0.3 is 26.3 Å². The van der Waals surface area contributed by atoms with E-state index in [4.69, 9.17) is 63.7 Å². The van der Waals surface area contributed by atoms with E-state index in [2.05, 4.69) is 79.8 Å². The van der Waals surface area contributed by atoms with Gasteiger partial charge in [-0.05, 0) is 103 Å². The molecule has 2 amide bonds. The maximum atomic E-state index is 12.2. The summed E-state index contributed by atoms with van der Waals surface area (Å²) in [7, 11) is 0. The number of aromatic amines is 2. The number of hydrogen-bond acceptors (Lipinski definition) is 19. The lowest BCUT2D eigenvalue weighted by Crippen LogP contribution is -2.10. The van der Waals surface area contributed by atoms with Crippen LogP contribution < -0.4 is 27.5 Å². The van der Waals surface area contributed by atoms with Crippen LogP contribution in [0.1, 0.15) is 29.0 Å². The van der Waals surface area contributed by atoms with E-state index in [1.165, 1.54) is 72.2 Å². The van der Waals surface area contributed by atoms with Crippen LogP contribution in [-0.4, -0.2) is 61.9 Å².